The van der Waals surface area contributed by atoms with E-state index in [0.717, 1.165) is 42.4 Å². The first-order valence-electron chi connectivity index (χ1n) is 22.1. The van der Waals surface area contributed by atoms with E-state index in [4.69, 9.17) is 14.8 Å². The van der Waals surface area contributed by atoms with Crippen LogP contribution in [0.15, 0.2) is 60.9 Å². The zero-order valence-electron chi connectivity index (χ0n) is 38.9. The number of fused-ring (bicyclic) bond motifs is 5. The first-order valence-corrected chi connectivity index (χ1v) is 22.1. The molecule has 2 aromatic carbocycles. The van der Waals surface area contributed by atoms with Crippen LogP contribution < -0.4 is 10.6 Å². The zero-order chi connectivity index (χ0) is 46.1. The number of allylic oxidation sites excluding steroid dienone is 2. The fourth-order valence-corrected chi connectivity index (χ4v) is 8.43. The number of aldehydes is 2. The third-order valence-electron chi connectivity index (χ3n) is 11.8. The van der Waals surface area contributed by atoms with Gasteiger partial charge < -0.3 is 39.7 Å². The van der Waals surface area contributed by atoms with E-state index in [9.17, 15) is 14.4 Å². The van der Waals surface area contributed by atoms with Crippen molar-refractivity contribution in [2.24, 2.45) is 11.8 Å². The zero-order valence-corrected chi connectivity index (χ0v) is 38.9. The van der Waals surface area contributed by atoms with Gasteiger partial charge in [0.25, 0.3) is 0 Å². The number of alkyl carbamates (subject to hydrolysis) is 1. The number of carbonyl (C=O) groups excluding carboxylic acids is 4. The molecular weight excluding hydrogens is 797 g/mol. The number of hydrogen-bond acceptors (Lipinski definition) is 10. The lowest BCUT2D eigenvalue weighted by molar-refractivity contribution is -0.110. The molecule has 0 radical (unpaired) electrons. The van der Waals surface area contributed by atoms with Crippen molar-refractivity contribution in [3.8, 4) is 33.6 Å². The Kier molecular flexibility index (Phi) is 19.9. The second-order valence-corrected chi connectivity index (χ2v) is 17.2. The maximum absolute atomic E-state index is 10.6. The van der Waals surface area contributed by atoms with Crippen LogP contribution in [0.4, 0.5) is 4.79 Å². The largest absolute Gasteiger partial charge is 0.453 e. The number of amides is 2. The van der Waals surface area contributed by atoms with Gasteiger partial charge in [-0.2, -0.15) is 0 Å². The topological polar surface area (TPSA) is 175 Å². The lowest BCUT2D eigenvalue weighted by Gasteiger charge is -2.20. The Morgan fingerprint density at radius 3 is 1.71 bits per heavy atom. The van der Waals surface area contributed by atoms with Crippen LogP contribution in [0.2, 0.25) is 0 Å². The van der Waals surface area contributed by atoms with Gasteiger partial charge in [0.05, 0.1) is 49.0 Å². The minimum atomic E-state index is -0.573. The Hall–Kier alpha value is -5.44. The number of rotatable bonds is 11. The molecular formula is C49H70N8O6. The lowest BCUT2D eigenvalue weighted by atomic mass is 9.85. The van der Waals surface area contributed by atoms with Crippen molar-refractivity contribution in [2.75, 3.05) is 55.6 Å². The van der Waals surface area contributed by atoms with Gasteiger partial charge in [-0.25, -0.2) is 14.8 Å². The molecule has 8 rings (SSSR count). The molecule has 2 bridgehead atoms. The lowest BCUT2D eigenvalue weighted by Crippen LogP contribution is -2.39. The SMILES string of the molecule is CC(C)CC=O.CN1CCCC1c1ncc(-c2ccc(-c3ccc(-c4cnc([C@@H]5CCCN5C)[nH]4)cc3)c3c2C2C=CC3C2)[nH]1.CNC=O.COC.COC(=O)NC(C=O)C(C)C. The number of imidazole rings is 2. The van der Waals surface area contributed by atoms with Gasteiger partial charge in [0, 0.05) is 45.1 Å². The highest BCUT2D eigenvalue weighted by Gasteiger charge is 2.37. The van der Waals surface area contributed by atoms with Crippen LogP contribution in [-0.2, 0) is 23.9 Å². The number of carbonyl (C=O) groups is 4. The highest BCUT2D eigenvalue weighted by Crippen LogP contribution is 2.54. The van der Waals surface area contributed by atoms with Crippen molar-refractivity contribution >= 4 is 25.1 Å². The molecule has 63 heavy (non-hydrogen) atoms. The van der Waals surface area contributed by atoms with Gasteiger partial charge in [-0.1, -0.05) is 76.2 Å². The fraction of sp³-hybridized carbons (Fsp3) is 0.510. The maximum atomic E-state index is 10.6. The summed E-state index contributed by atoms with van der Waals surface area (Å²) in [4.78, 5) is 61.3. The second kappa shape index (κ2) is 25.0. The Morgan fingerprint density at radius 1 is 0.794 bits per heavy atom. The summed E-state index contributed by atoms with van der Waals surface area (Å²) in [5, 5.41) is 4.64. The van der Waals surface area contributed by atoms with E-state index in [1.165, 1.54) is 72.6 Å². The summed E-state index contributed by atoms with van der Waals surface area (Å²) in [6, 6.07) is 14.1. The minimum absolute atomic E-state index is 0.0894. The van der Waals surface area contributed by atoms with E-state index in [-0.39, 0.29) is 5.92 Å². The van der Waals surface area contributed by atoms with Crippen molar-refractivity contribution in [3.63, 3.8) is 0 Å². The second-order valence-electron chi connectivity index (χ2n) is 17.2. The number of benzene rings is 2. The number of nitrogens with zero attached hydrogens (tertiary/aromatic N) is 4. The number of aromatic nitrogens is 4. The molecule has 4 unspecified atom stereocenters. The Morgan fingerprint density at radius 2 is 1.29 bits per heavy atom. The quantitative estimate of drug-likeness (QED) is 0.0850. The highest BCUT2D eigenvalue weighted by molar-refractivity contribution is 5.81. The third-order valence-corrected chi connectivity index (χ3v) is 11.8. The number of nitrogens with one attached hydrogen (secondary N) is 4. The number of aromatic amines is 2. The molecule has 2 aliphatic carbocycles. The number of hydrogen-bond donors (Lipinski definition) is 4. The molecule has 4 N–H and O–H groups in total. The summed E-state index contributed by atoms with van der Waals surface area (Å²) in [6.45, 7) is 10.0. The molecule has 2 aromatic heterocycles. The molecule has 4 aromatic rings. The van der Waals surface area contributed by atoms with Crippen LogP contribution in [0.3, 0.4) is 0 Å². The monoisotopic (exact) mass is 867 g/mol. The first kappa shape index (κ1) is 50.2. The molecule has 342 valence electrons. The minimum Gasteiger partial charge on any atom is -0.453 e. The first-order chi connectivity index (χ1) is 30.3. The van der Waals surface area contributed by atoms with E-state index in [1.807, 2.05) is 33.9 Å². The van der Waals surface area contributed by atoms with Crippen LogP contribution in [-0.4, -0.2) is 116 Å². The summed E-state index contributed by atoms with van der Waals surface area (Å²) in [6.07, 6.45) is 17.3. The Balaban J connectivity index is 0.000000301. The molecule has 2 saturated heterocycles. The maximum Gasteiger partial charge on any atom is 0.407 e. The molecule has 5 atom stereocenters. The van der Waals surface area contributed by atoms with Gasteiger partial charge in [0.2, 0.25) is 6.41 Å². The van der Waals surface area contributed by atoms with Crippen LogP contribution in [0, 0.1) is 11.8 Å². The molecule has 14 nitrogen and oxygen atoms in total. The summed E-state index contributed by atoms with van der Waals surface area (Å²) in [5.74, 6) is 3.82. The van der Waals surface area contributed by atoms with E-state index < -0.39 is 12.1 Å². The van der Waals surface area contributed by atoms with Crippen molar-refractivity contribution in [3.05, 3.63) is 83.7 Å². The van der Waals surface area contributed by atoms with Crippen LogP contribution >= 0.6 is 0 Å². The molecule has 2 fully saturated rings. The van der Waals surface area contributed by atoms with E-state index in [1.54, 1.807) is 21.3 Å². The normalized spacial score (nSPS) is 19.9. The van der Waals surface area contributed by atoms with Crippen molar-refractivity contribution in [1.29, 1.82) is 0 Å². The average Bonchev–Trinajstić information content (AvgIpc) is 4.15. The van der Waals surface area contributed by atoms with Gasteiger partial charge in [-0.15, -0.1) is 0 Å². The standard InChI is InChI=1S/C33H36N6.C7H13NO3.C5H10O.C2H5NO.C2H6O/c1-38-15-3-5-28(38)32-34-18-26(36-32)21-9-7-20(8-10-21)24-13-14-25(31-23-12-11-22(17-23)30(24)31)27-19-35-33(37-27)29-6-4-16-39(29)2;1-5(2)6(4-9)8-7(10)11-3;1-5(2)3-4-6;1-3-2-4;1-3-2/h7-14,18-19,22-23,28-29H,3-6,15-17H2,1-2H3,(H,34,36)(H,35,37);4-6H,1-3H3,(H,8,10);4-5H,3H2,1-2H3;2H,1H3,(H,3,4);1-2H3/t22?,23?,28-,29?;;;;/m0..../s1. The van der Waals surface area contributed by atoms with Crippen molar-refractivity contribution in [2.45, 2.75) is 96.2 Å². The summed E-state index contributed by atoms with van der Waals surface area (Å²) in [7, 11) is 10.5. The van der Waals surface area contributed by atoms with Gasteiger partial charge >= 0.3 is 6.09 Å². The average molecular weight is 867 g/mol. The summed E-state index contributed by atoms with van der Waals surface area (Å²) >= 11 is 0. The molecule has 0 saturated carbocycles. The Bertz CT molecular complexity index is 2080. The number of H-pyrrole nitrogens is 2. The Labute approximate surface area is 374 Å². The molecule has 0 spiro atoms. The van der Waals surface area contributed by atoms with E-state index in [2.05, 4.69) is 109 Å². The summed E-state index contributed by atoms with van der Waals surface area (Å²) < 4.78 is 8.57. The molecule has 2 amide bonds. The van der Waals surface area contributed by atoms with Crippen LogP contribution in [0.25, 0.3) is 33.6 Å². The predicted molar refractivity (Wildman–Crippen MR) is 249 cm³/mol. The van der Waals surface area contributed by atoms with Gasteiger partial charge in [0.1, 0.15) is 24.2 Å². The smallest absolute Gasteiger partial charge is 0.407 e. The molecule has 4 aliphatic rings. The van der Waals surface area contributed by atoms with Crippen LogP contribution in [0.5, 0.6) is 0 Å². The number of likely N-dealkylation sites (tertiary alicyclic amines) is 2. The highest BCUT2D eigenvalue weighted by atomic mass is 16.5. The van der Waals surface area contributed by atoms with Crippen molar-refractivity contribution in [1.82, 2.24) is 40.4 Å². The van der Waals surface area contributed by atoms with E-state index >= 15 is 0 Å². The number of methoxy groups -OCH3 is 2. The van der Waals surface area contributed by atoms with Crippen molar-refractivity contribution < 1.29 is 28.7 Å². The summed E-state index contributed by atoms with van der Waals surface area (Å²) in [5.41, 5.74) is 10.4. The van der Waals surface area contributed by atoms with Crippen LogP contribution in [0.1, 0.15) is 113 Å². The molecule has 2 aliphatic heterocycles. The van der Waals surface area contributed by atoms with Gasteiger partial charge in [-0.3, -0.25) is 14.6 Å². The van der Waals surface area contributed by atoms with E-state index in [0.29, 0.717) is 49.0 Å². The predicted octanol–water partition coefficient (Wildman–Crippen LogP) is 8.23. The molecule has 14 heteroatoms. The van der Waals surface area contributed by atoms with Gasteiger partial charge in [0.15, 0.2) is 0 Å². The third kappa shape index (κ3) is 13.3. The fourth-order valence-electron chi connectivity index (χ4n) is 8.43. The number of ether oxygens (including phenoxy) is 2. The van der Waals surface area contributed by atoms with Gasteiger partial charge in [-0.05, 0) is 98.9 Å². The molecule has 4 heterocycles.